The Morgan fingerprint density at radius 1 is 0.810 bits per heavy atom. The Morgan fingerprint density at radius 3 is 1.71 bits per heavy atom. The highest BCUT2D eigenvalue weighted by molar-refractivity contribution is 5.21. The van der Waals surface area contributed by atoms with Gasteiger partial charge in [0.2, 0.25) is 0 Å². The van der Waals surface area contributed by atoms with Gasteiger partial charge in [-0.25, -0.2) is 17.6 Å². The Labute approximate surface area is 120 Å². The molecule has 0 aliphatic rings. The van der Waals surface area contributed by atoms with Crippen LogP contribution in [0, 0.1) is 23.3 Å². The van der Waals surface area contributed by atoms with Gasteiger partial charge < -0.3 is 5.32 Å². The van der Waals surface area contributed by atoms with Crippen molar-refractivity contribution in [3.63, 3.8) is 0 Å². The second kappa shape index (κ2) is 6.72. The monoisotopic (exact) mass is 297 g/mol. The predicted molar refractivity (Wildman–Crippen MR) is 72.7 cm³/mol. The highest BCUT2D eigenvalue weighted by Crippen LogP contribution is 2.15. The molecule has 5 heteroatoms. The molecular weight excluding hydrogens is 282 g/mol. The van der Waals surface area contributed by atoms with Crippen LogP contribution in [-0.4, -0.2) is 6.04 Å². The molecular formula is C16H15F4N. The number of rotatable bonds is 5. The van der Waals surface area contributed by atoms with Crippen LogP contribution >= 0.6 is 0 Å². The fraction of sp³-hybridized carbons (Fsp3) is 0.250. The second-order valence-corrected chi connectivity index (χ2v) is 4.89. The maximum Gasteiger partial charge on any atom is 0.130 e. The summed E-state index contributed by atoms with van der Waals surface area (Å²) in [6.07, 6.45) is 0.0918. The van der Waals surface area contributed by atoms with Crippen LogP contribution in [0.25, 0.3) is 0 Å². The Balaban J connectivity index is 2.01. The molecule has 0 saturated carbocycles. The van der Waals surface area contributed by atoms with Crippen molar-refractivity contribution in [2.75, 3.05) is 0 Å². The number of halogens is 4. The molecule has 21 heavy (non-hydrogen) atoms. The van der Waals surface area contributed by atoms with E-state index < -0.39 is 23.3 Å². The molecule has 1 nitrogen and oxygen atoms in total. The highest BCUT2D eigenvalue weighted by Gasteiger charge is 2.14. The highest BCUT2D eigenvalue weighted by atomic mass is 19.1. The molecule has 1 unspecified atom stereocenters. The minimum absolute atomic E-state index is 0.0356. The SMILES string of the molecule is CC(Cc1c(F)cccc1F)NCc1c(F)cccc1F. The number of nitrogens with one attached hydrogen (secondary N) is 1. The zero-order chi connectivity index (χ0) is 15.4. The van der Waals surface area contributed by atoms with Crippen LogP contribution in [0.15, 0.2) is 36.4 Å². The number of hydrogen-bond acceptors (Lipinski definition) is 1. The van der Waals surface area contributed by atoms with Gasteiger partial charge in [0, 0.05) is 23.7 Å². The third kappa shape index (κ3) is 3.82. The molecule has 0 aliphatic heterocycles. The lowest BCUT2D eigenvalue weighted by Gasteiger charge is -2.15. The summed E-state index contributed by atoms with van der Waals surface area (Å²) in [5, 5.41) is 2.87. The summed E-state index contributed by atoms with van der Waals surface area (Å²) >= 11 is 0. The number of benzene rings is 2. The summed E-state index contributed by atoms with van der Waals surface area (Å²) in [4.78, 5) is 0. The summed E-state index contributed by atoms with van der Waals surface area (Å²) in [6, 6.07) is 6.94. The van der Waals surface area contributed by atoms with E-state index in [1.807, 2.05) is 0 Å². The van der Waals surface area contributed by atoms with Crippen molar-refractivity contribution in [3.05, 3.63) is 70.8 Å². The summed E-state index contributed by atoms with van der Waals surface area (Å²) in [5.74, 6) is -2.54. The largest absolute Gasteiger partial charge is 0.310 e. The van der Waals surface area contributed by atoms with Crippen molar-refractivity contribution in [3.8, 4) is 0 Å². The maximum absolute atomic E-state index is 13.5. The van der Waals surface area contributed by atoms with Crippen LogP contribution in [0.1, 0.15) is 18.1 Å². The molecule has 0 radical (unpaired) electrons. The molecule has 2 aromatic rings. The molecule has 0 bridgehead atoms. The lowest BCUT2D eigenvalue weighted by Crippen LogP contribution is -2.29. The summed E-state index contributed by atoms with van der Waals surface area (Å²) in [7, 11) is 0. The van der Waals surface area contributed by atoms with Gasteiger partial charge in [0.25, 0.3) is 0 Å². The van der Waals surface area contributed by atoms with E-state index in [-0.39, 0.29) is 30.1 Å². The van der Waals surface area contributed by atoms with Gasteiger partial charge in [0.1, 0.15) is 23.3 Å². The van der Waals surface area contributed by atoms with Crippen molar-refractivity contribution in [1.82, 2.24) is 5.32 Å². The van der Waals surface area contributed by atoms with Gasteiger partial charge >= 0.3 is 0 Å². The Kier molecular flexibility index (Phi) is 4.96. The zero-order valence-electron chi connectivity index (χ0n) is 11.5. The smallest absolute Gasteiger partial charge is 0.130 e. The first-order valence-corrected chi connectivity index (χ1v) is 6.58. The zero-order valence-corrected chi connectivity index (χ0v) is 11.5. The summed E-state index contributed by atoms with van der Waals surface area (Å²) < 4.78 is 53.9. The number of hydrogen-bond donors (Lipinski definition) is 1. The van der Waals surface area contributed by atoms with Gasteiger partial charge in [-0.3, -0.25) is 0 Å². The Hall–Kier alpha value is -1.88. The van der Waals surface area contributed by atoms with Gasteiger partial charge in [-0.1, -0.05) is 12.1 Å². The normalized spacial score (nSPS) is 12.4. The van der Waals surface area contributed by atoms with E-state index in [1.54, 1.807) is 6.92 Å². The molecule has 0 saturated heterocycles. The third-order valence-electron chi connectivity index (χ3n) is 3.26. The molecule has 0 aromatic heterocycles. The van der Waals surface area contributed by atoms with Crippen LogP contribution in [0.2, 0.25) is 0 Å². The average molecular weight is 297 g/mol. The van der Waals surface area contributed by atoms with Gasteiger partial charge in [-0.2, -0.15) is 0 Å². The van der Waals surface area contributed by atoms with Gasteiger partial charge in [0.15, 0.2) is 0 Å². The van der Waals surface area contributed by atoms with Crippen LogP contribution < -0.4 is 5.32 Å². The van der Waals surface area contributed by atoms with E-state index in [4.69, 9.17) is 0 Å². The van der Waals surface area contributed by atoms with Gasteiger partial charge in [0.05, 0.1) is 0 Å². The lowest BCUT2D eigenvalue weighted by atomic mass is 10.1. The Bertz CT molecular complexity index is 587. The van der Waals surface area contributed by atoms with Crippen molar-refractivity contribution in [2.24, 2.45) is 0 Å². The van der Waals surface area contributed by atoms with Crippen LogP contribution in [-0.2, 0) is 13.0 Å². The predicted octanol–water partition coefficient (Wildman–Crippen LogP) is 3.96. The standard InChI is InChI=1S/C16H15F4N/c1-10(8-11-13(17)4-2-5-14(11)18)21-9-12-15(19)6-3-7-16(12)20/h2-7,10,21H,8-9H2,1H3. The van der Waals surface area contributed by atoms with E-state index in [9.17, 15) is 17.6 Å². The molecule has 2 aromatic carbocycles. The molecule has 0 heterocycles. The molecule has 1 atom stereocenters. The maximum atomic E-state index is 13.5. The van der Waals surface area contributed by atoms with Crippen LogP contribution in [0.3, 0.4) is 0 Å². The average Bonchev–Trinajstić information content (AvgIpc) is 2.42. The topological polar surface area (TPSA) is 12.0 Å². The van der Waals surface area contributed by atoms with E-state index in [1.165, 1.54) is 36.4 Å². The minimum Gasteiger partial charge on any atom is -0.310 e. The quantitative estimate of drug-likeness (QED) is 0.824. The second-order valence-electron chi connectivity index (χ2n) is 4.89. The molecule has 112 valence electrons. The first-order valence-electron chi connectivity index (χ1n) is 6.58. The lowest BCUT2D eigenvalue weighted by molar-refractivity contribution is 0.479. The van der Waals surface area contributed by atoms with Crippen molar-refractivity contribution in [1.29, 1.82) is 0 Å². The van der Waals surface area contributed by atoms with Crippen molar-refractivity contribution in [2.45, 2.75) is 25.9 Å². The first-order chi connectivity index (χ1) is 9.99. The summed E-state index contributed by atoms with van der Waals surface area (Å²) in [6.45, 7) is 1.65. The van der Waals surface area contributed by atoms with Crippen LogP contribution in [0.5, 0.6) is 0 Å². The molecule has 0 spiro atoms. The first kappa shape index (κ1) is 15.5. The molecule has 0 aliphatic carbocycles. The fourth-order valence-electron chi connectivity index (χ4n) is 2.08. The van der Waals surface area contributed by atoms with E-state index >= 15 is 0 Å². The third-order valence-corrected chi connectivity index (χ3v) is 3.26. The van der Waals surface area contributed by atoms with Crippen molar-refractivity contribution >= 4 is 0 Å². The molecule has 1 N–H and O–H groups in total. The van der Waals surface area contributed by atoms with E-state index in [0.29, 0.717) is 0 Å². The molecule has 0 fully saturated rings. The van der Waals surface area contributed by atoms with Crippen molar-refractivity contribution < 1.29 is 17.6 Å². The molecule has 0 amide bonds. The fourth-order valence-corrected chi connectivity index (χ4v) is 2.08. The van der Waals surface area contributed by atoms with Gasteiger partial charge in [-0.05, 0) is 37.6 Å². The summed E-state index contributed by atoms with van der Waals surface area (Å²) in [5.41, 5.74) is -0.120. The molecule has 2 rings (SSSR count). The Morgan fingerprint density at radius 2 is 1.24 bits per heavy atom. The van der Waals surface area contributed by atoms with Gasteiger partial charge in [-0.15, -0.1) is 0 Å². The van der Waals surface area contributed by atoms with E-state index in [2.05, 4.69) is 5.32 Å². The minimum atomic E-state index is -0.647. The van der Waals surface area contributed by atoms with Crippen LogP contribution in [0.4, 0.5) is 17.6 Å². The van der Waals surface area contributed by atoms with E-state index in [0.717, 1.165) is 0 Å².